The maximum Gasteiger partial charge on any atom is 0.249 e. The van der Waals surface area contributed by atoms with Crippen molar-refractivity contribution >= 4 is 43.7 Å². The first-order valence-corrected chi connectivity index (χ1v) is 17.1. The van der Waals surface area contributed by atoms with E-state index in [0.717, 1.165) is 59.8 Å². The van der Waals surface area contributed by atoms with Gasteiger partial charge in [-0.15, -0.1) is 0 Å². The van der Waals surface area contributed by atoms with Crippen molar-refractivity contribution in [3.8, 4) is 0 Å². The number of hydrogen-bond acceptors (Lipinski definition) is 7. The molecule has 1 aliphatic carbocycles. The van der Waals surface area contributed by atoms with Gasteiger partial charge in [-0.2, -0.15) is 0 Å². The van der Waals surface area contributed by atoms with Gasteiger partial charge in [0.05, 0.1) is 24.9 Å². The quantitative estimate of drug-likeness (QED) is 0.343. The molecule has 3 heterocycles. The number of amides is 2. The minimum Gasteiger partial charge on any atom is -0.382 e. The average molecular weight is 734 g/mol. The van der Waals surface area contributed by atoms with Crippen molar-refractivity contribution in [2.75, 3.05) is 66.2 Å². The Labute approximate surface area is 277 Å². The van der Waals surface area contributed by atoms with Crippen molar-refractivity contribution in [2.45, 2.75) is 51.1 Å². The molecule has 5 rings (SSSR count). The predicted octanol–water partition coefficient (Wildman–Crippen LogP) is 4.39. The Hall–Kier alpha value is -2.31. The maximum atomic E-state index is 13.8. The van der Waals surface area contributed by atoms with E-state index in [1.165, 1.54) is 28.0 Å². The van der Waals surface area contributed by atoms with Crippen molar-refractivity contribution in [1.82, 2.24) is 25.0 Å². The summed E-state index contributed by atoms with van der Waals surface area (Å²) >= 11 is 7.51. The molecule has 0 saturated carbocycles. The minimum atomic E-state index is -0.654. The summed E-state index contributed by atoms with van der Waals surface area (Å²) in [4.78, 5) is 38.5. The van der Waals surface area contributed by atoms with Crippen LogP contribution < -0.4 is 5.32 Å². The second-order valence-electron chi connectivity index (χ2n) is 11.9. The molecule has 1 N–H and O–H groups in total. The standard InChI is InChI=1S/C33H43Br2N5O4/c1-22-16-24-7-8-25-18-26(34)19-37-31(25)32(30(24)27(35)17-22)39-12-13-40(29(41)21-44-15-14-43-3)28(20-39)33(42)36-9-5-11-38-10-4-6-23(38)2/h16-19,28,32H,2,4-15,20-21H2,1,3H3,(H,36,42). The highest BCUT2D eigenvalue weighted by Gasteiger charge is 2.41. The molecule has 44 heavy (non-hydrogen) atoms. The van der Waals surface area contributed by atoms with Gasteiger partial charge < -0.3 is 24.6 Å². The minimum absolute atomic E-state index is 0.0836. The number of pyridine rings is 1. The number of benzene rings is 1. The second-order valence-corrected chi connectivity index (χ2v) is 13.6. The van der Waals surface area contributed by atoms with Crippen molar-refractivity contribution in [1.29, 1.82) is 0 Å². The summed E-state index contributed by atoms with van der Waals surface area (Å²) < 4.78 is 12.6. The van der Waals surface area contributed by atoms with Gasteiger partial charge in [0.2, 0.25) is 11.8 Å². The number of ether oxygens (including phenoxy) is 2. The van der Waals surface area contributed by atoms with Crippen LogP contribution in [-0.4, -0.2) is 104 Å². The van der Waals surface area contributed by atoms with Crippen molar-refractivity contribution < 1.29 is 19.1 Å². The molecule has 2 aliphatic heterocycles. The van der Waals surface area contributed by atoms with Gasteiger partial charge in [-0.25, -0.2) is 0 Å². The van der Waals surface area contributed by atoms with Crippen LogP contribution in [0, 0.1) is 6.92 Å². The lowest BCUT2D eigenvalue weighted by Gasteiger charge is -2.44. The van der Waals surface area contributed by atoms with Crippen molar-refractivity contribution in [3.63, 3.8) is 0 Å². The summed E-state index contributed by atoms with van der Waals surface area (Å²) in [6, 6.07) is 5.78. The number of methoxy groups -OCH3 is 1. The largest absolute Gasteiger partial charge is 0.382 e. The molecule has 1 aromatic carbocycles. The predicted molar refractivity (Wildman–Crippen MR) is 177 cm³/mol. The number of allylic oxidation sites excluding steroid dienone is 1. The third-order valence-electron chi connectivity index (χ3n) is 8.83. The number of piperazine rings is 1. The Balaban J connectivity index is 1.39. The lowest BCUT2D eigenvalue weighted by atomic mass is 9.94. The van der Waals surface area contributed by atoms with Gasteiger partial charge in [0.15, 0.2) is 0 Å². The number of aryl methyl sites for hydroxylation is 3. The Morgan fingerprint density at radius 1 is 1.09 bits per heavy atom. The highest BCUT2D eigenvalue weighted by Crippen LogP contribution is 2.41. The monoisotopic (exact) mass is 731 g/mol. The van der Waals surface area contributed by atoms with Gasteiger partial charge in [0.1, 0.15) is 12.6 Å². The van der Waals surface area contributed by atoms with Crippen molar-refractivity contribution in [2.24, 2.45) is 0 Å². The van der Waals surface area contributed by atoms with E-state index in [2.05, 4.69) is 78.7 Å². The molecule has 2 atom stereocenters. The zero-order valence-corrected chi connectivity index (χ0v) is 28.9. The highest BCUT2D eigenvalue weighted by atomic mass is 79.9. The summed E-state index contributed by atoms with van der Waals surface area (Å²) in [6.07, 6.45) is 6.65. The molecular formula is C33H43Br2N5O4. The topological polar surface area (TPSA) is 87.2 Å². The van der Waals surface area contributed by atoms with E-state index in [1.54, 1.807) is 12.0 Å². The number of aromatic nitrogens is 1. The highest BCUT2D eigenvalue weighted by molar-refractivity contribution is 9.10. The number of nitrogens with one attached hydrogen (secondary N) is 1. The van der Waals surface area contributed by atoms with E-state index >= 15 is 0 Å². The number of carbonyl (C=O) groups excluding carboxylic acids is 2. The first kappa shape index (κ1) is 33.1. The molecule has 3 aliphatic rings. The molecule has 11 heteroatoms. The van der Waals surface area contributed by atoms with Crippen LogP contribution >= 0.6 is 31.9 Å². The molecule has 2 amide bonds. The molecule has 0 bridgehead atoms. The van der Waals surface area contributed by atoms with Crippen LogP contribution in [-0.2, 0) is 31.9 Å². The fourth-order valence-electron chi connectivity index (χ4n) is 6.64. The number of carbonyl (C=O) groups is 2. The Bertz CT molecular complexity index is 1370. The second kappa shape index (κ2) is 15.3. The van der Waals surface area contributed by atoms with E-state index in [-0.39, 0.29) is 24.5 Å². The van der Waals surface area contributed by atoms with Gasteiger partial charge >= 0.3 is 0 Å². The van der Waals surface area contributed by atoms with Crippen LogP contribution in [0.1, 0.15) is 53.3 Å². The first-order valence-electron chi connectivity index (χ1n) is 15.5. The molecule has 1 aromatic heterocycles. The van der Waals surface area contributed by atoms with E-state index in [9.17, 15) is 9.59 Å². The van der Waals surface area contributed by atoms with Crippen LogP contribution in [0.15, 0.2) is 45.6 Å². The summed E-state index contributed by atoms with van der Waals surface area (Å²) in [5, 5.41) is 3.15. The summed E-state index contributed by atoms with van der Waals surface area (Å²) in [6.45, 7) is 10.8. The number of nitrogens with zero attached hydrogens (tertiary/aromatic N) is 4. The van der Waals surface area contributed by atoms with E-state index in [0.29, 0.717) is 39.4 Å². The van der Waals surface area contributed by atoms with Gasteiger partial charge in [-0.3, -0.25) is 19.5 Å². The summed E-state index contributed by atoms with van der Waals surface area (Å²) in [5.74, 6) is -0.323. The zero-order chi connectivity index (χ0) is 31.2. The molecule has 0 radical (unpaired) electrons. The van der Waals surface area contributed by atoms with Crippen LogP contribution in [0.25, 0.3) is 0 Å². The van der Waals surface area contributed by atoms with E-state index in [1.807, 2.05) is 6.20 Å². The zero-order valence-electron chi connectivity index (χ0n) is 25.7. The van der Waals surface area contributed by atoms with Crippen LogP contribution in [0.2, 0.25) is 0 Å². The van der Waals surface area contributed by atoms with Gasteiger partial charge in [-0.1, -0.05) is 28.6 Å². The third-order valence-corrected chi connectivity index (χ3v) is 9.92. The summed E-state index contributed by atoms with van der Waals surface area (Å²) in [7, 11) is 1.60. The molecule has 2 saturated heterocycles. The van der Waals surface area contributed by atoms with Gasteiger partial charge in [0, 0.05) is 67.2 Å². The molecule has 2 unspecified atom stereocenters. The number of hydrogen-bond donors (Lipinski definition) is 1. The Morgan fingerprint density at radius 3 is 2.68 bits per heavy atom. The Kier molecular flexibility index (Phi) is 11.5. The van der Waals surface area contributed by atoms with Gasteiger partial charge in [-0.05, 0) is 89.3 Å². The average Bonchev–Trinajstić information content (AvgIpc) is 3.34. The lowest BCUT2D eigenvalue weighted by molar-refractivity contribution is -0.148. The number of likely N-dealkylation sites (tertiary alicyclic amines) is 1. The molecule has 0 spiro atoms. The SMILES string of the molecule is C=C1CCCN1CCCNC(=O)C1CN(C2c3ncc(Br)cc3CCc3cc(C)cc(Br)c32)CCN1C(=O)COCCOC. The third kappa shape index (κ3) is 7.73. The van der Waals surface area contributed by atoms with Gasteiger partial charge in [0.25, 0.3) is 0 Å². The van der Waals surface area contributed by atoms with Crippen molar-refractivity contribution in [3.05, 3.63) is 73.6 Å². The number of halogens is 2. The van der Waals surface area contributed by atoms with Crippen LogP contribution in [0.4, 0.5) is 0 Å². The lowest BCUT2D eigenvalue weighted by Crippen LogP contribution is -2.61. The van der Waals surface area contributed by atoms with E-state index in [4.69, 9.17) is 14.5 Å². The normalized spacial score (nSPS) is 20.3. The van der Waals surface area contributed by atoms with E-state index < -0.39 is 6.04 Å². The molecule has 2 fully saturated rings. The van der Waals surface area contributed by atoms with Crippen LogP contribution in [0.5, 0.6) is 0 Å². The molecule has 2 aromatic rings. The summed E-state index contributed by atoms with van der Waals surface area (Å²) in [5.41, 5.74) is 7.05. The molecule has 238 valence electrons. The molecule has 9 nitrogen and oxygen atoms in total. The molecular weight excluding hydrogens is 690 g/mol. The van der Waals surface area contributed by atoms with Crippen LogP contribution in [0.3, 0.4) is 0 Å². The fraction of sp³-hybridized carbons (Fsp3) is 0.545. The fourth-order valence-corrected chi connectivity index (χ4v) is 7.85. The number of fused-ring (bicyclic) bond motifs is 2. The smallest absolute Gasteiger partial charge is 0.249 e. The first-order chi connectivity index (χ1) is 21.3. The Morgan fingerprint density at radius 2 is 1.91 bits per heavy atom. The maximum absolute atomic E-state index is 13.8. The number of rotatable bonds is 11.